The van der Waals surface area contributed by atoms with Crippen LogP contribution in [-0.2, 0) is 13.0 Å². The van der Waals surface area contributed by atoms with Gasteiger partial charge in [0.1, 0.15) is 12.4 Å². The third-order valence-corrected chi connectivity index (χ3v) is 7.30. The van der Waals surface area contributed by atoms with E-state index in [9.17, 15) is 4.79 Å². The summed E-state index contributed by atoms with van der Waals surface area (Å²) in [6.07, 6.45) is 0.713. The number of benzene rings is 4. The van der Waals surface area contributed by atoms with Crippen LogP contribution in [0.15, 0.2) is 97.1 Å². The van der Waals surface area contributed by atoms with Crippen LogP contribution in [0.3, 0.4) is 0 Å². The molecule has 0 fully saturated rings. The maximum atomic E-state index is 13.3. The second-order valence-electron chi connectivity index (χ2n) is 8.46. The second kappa shape index (κ2) is 10.3. The summed E-state index contributed by atoms with van der Waals surface area (Å²) < 4.78 is 6.97. The highest BCUT2D eigenvalue weighted by molar-refractivity contribution is 7.21. The largest absolute Gasteiger partial charge is 0.489 e. The molecule has 0 atom stereocenters. The highest BCUT2D eigenvalue weighted by atomic mass is 35.5. The average molecular weight is 498 g/mol. The standard InChI is InChI=1S/C30H24ClNO2S/c1-20-6-8-21(9-7-20)18-27-26-4-2-3-5-28(26)35-29(27)30(33)32-24-14-16-25(17-15-24)34-19-22-10-12-23(31)13-11-22/h2-17H,18-19H2,1H3,(H,32,33). The van der Waals surface area contributed by atoms with Gasteiger partial charge in [-0.05, 0) is 77.9 Å². The summed E-state index contributed by atoms with van der Waals surface area (Å²) in [4.78, 5) is 14.1. The molecule has 3 nitrogen and oxygen atoms in total. The van der Waals surface area contributed by atoms with Crippen molar-refractivity contribution in [2.75, 3.05) is 5.32 Å². The summed E-state index contributed by atoms with van der Waals surface area (Å²) in [7, 11) is 0. The van der Waals surface area contributed by atoms with E-state index in [-0.39, 0.29) is 5.91 Å². The summed E-state index contributed by atoms with van der Waals surface area (Å²) in [5, 5.41) is 4.90. The fraction of sp³-hybridized carbons (Fsp3) is 0.100. The molecule has 35 heavy (non-hydrogen) atoms. The van der Waals surface area contributed by atoms with E-state index in [1.54, 1.807) is 0 Å². The molecule has 1 heterocycles. The second-order valence-corrected chi connectivity index (χ2v) is 9.95. The van der Waals surface area contributed by atoms with E-state index in [0.29, 0.717) is 18.1 Å². The number of thiophene rings is 1. The van der Waals surface area contributed by atoms with Gasteiger partial charge < -0.3 is 10.1 Å². The Morgan fingerprint density at radius 1 is 0.857 bits per heavy atom. The molecule has 0 unspecified atom stereocenters. The number of hydrogen-bond donors (Lipinski definition) is 1. The highest BCUT2D eigenvalue weighted by Crippen LogP contribution is 2.34. The molecule has 0 saturated heterocycles. The number of carbonyl (C=O) groups is 1. The first-order valence-corrected chi connectivity index (χ1v) is 12.6. The molecule has 0 bridgehead atoms. The smallest absolute Gasteiger partial charge is 0.266 e. The maximum absolute atomic E-state index is 13.3. The zero-order chi connectivity index (χ0) is 24.2. The minimum Gasteiger partial charge on any atom is -0.489 e. The van der Waals surface area contributed by atoms with Gasteiger partial charge in [0, 0.05) is 15.4 Å². The minimum absolute atomic E-state index is 0.0943. The molecular weight excluding hydrogens is 474 g/mol. The summed E-state index contributed by atoms with van der Waals surface area (Å²) in [5.41, 5.74) is 5.25. The van der Waals surface area contributed by atoms with Crippen LogP contribution < -0.4 is 10.1 Å². The molecule has 5 rings (SSSR count). The topological polar surface area (TPSA) is 38.3 Å². The summed E-state index contributed by atoms with van der Waals surface area (Å²) in [6, 6.07) is 31.7. The Balaban J connectivity index is 1.32. The Kier molecular flexibility index (Phi) is 6.84. The van der Waals surface area contributed by atoms with E-state index in [2.05, 4.69) is 48.6 Å². The van der Waals surface area contributed by atoms with Crippen molar-refractivity contribution in [2.24, 2.45) is 0 Å². The van der Waals surface area contributed by atoms with Crippen molar-refractivity contribution in [2.45, 2.75) is 20.0 Å². The van der Waals surface area contributed by atoms with Crippen molar-refractivity contribution in [1.29, 1.82) is 0 Å². The Morgan fingerprint density at radius 3 is 2.29 bits per heavy atom. The summed E-state index contributed by atoms with van der Waals surface area (Å²) >= 11 is 7.47. The minimum atomic E-state index is -0.0943. The van der Waals surface area contributed by atoms with Crippen molar-refractivity contribution in [3.8, 4) is 5.75 Å². The van der Waals surface area contributed by atoms with Gasteiger partial charge in [0.15, 0.2) is 0 Å². The van der Waals surface area contributed by atoms with Crippen molar-refractivity contribution in [3.63, 3.8) is 0 Å². The Hall–Kier alpha value is -3.60. The molecule has 174 valence electrons. The molecule has 0 aliphatic rings. The first-order valence-electron chi connectivity index (χ1n) is 11.4. The van der Waals surface area contributed by atoms with E-state index in [4.69, 9.17) is 16.3 Å². The fourth-order valence-corrected chi connectivity index (χ4v) is 5.18. The van der Waals surface area contributed by atoms with Crippen molar-refractivity contribution in [3.05, 3.63) is 129 Å². The van der Waals surface area contributed by atoms with E-state index < -0.39 is 0 Å². The number of anilines is 1. The molecule has 1 aromatic heterocycles. The average Bonchev–Trinajstić information content (AvgIpc) is 3.24. The zero-order valence-corrected chi connectivity index (χ0v) is 20.8. The third-order valence-electron chi connectivity index (χ3n) is 5.84. The van der Waals surface area contributed by atoms with Crippen LogP contribution in [0.2, 0.25) is 5.02 Å². The van der Waals surface area contributed by atoms with E-state index >= 15 is 0 Å². The third kappa shape index (κ3) is 5.56. The van der Waals surface area contributed by atoms with Gasteiger partial charge >= 0.3 is 0 Å². The SMILES string of the molecule is Cc1ccc(Cc2c(C(=O)Nc3ccc(OCc4ccc(Cl)cc4)cc3)sc3ccccc23)cc1. The van der Waals surface area contributed by atoms with Crippen LogP contribution in [0.1, 0.15) is 31.9 Å². The fourth-order valence-electron chi connectivity index (χ4n) is 3.94. The van der Waals surface area contributed by atoms with Gasteiger partial charge in [-0.1, -0.05) is 71.8 Å². The predicted octanol–water partition coefficient (Wildman–Crippen LogP) is 8.29. The van der Waals surface area contributed by atoms with Crippen LogP contribution in [0.4, 0.5) is 5.69 Å². The van der Waals surface area contributed by atoms with Gasteiger partial charge in [-0.15, -0.1) is 11.3 Å². The maximum Gasteiger partial charge on any atom is 0.266 e. The van der Waals surface area contributed by atoms with Gasteiger partial charge in [0.2, 0.25) is 0 Å². The molecule has 0 aliphatic heterocycles. The predicted molar refractivity (Wildman–Crippen MR) is 146 cm³/mol. The number of ether oxygens (including phenoxy) is 1. The van der Waals surface area contributed by atoms with Gasteiger partial charge in [0.05, 0.1) is 4.88 Å². The Morgan fingerprint density at radius 2 is 1.54 bits per heavy atom. The molecule has 5 aromatic rings. The van der Waals surface area contributed by atoms with Crippen LogP contribution >= 0.6 is 22.9 Å². The highest BCUT2D eigenvalue weighted by Gasteiger charge is 2.19. The first-order chi connectivity index (χ1) is 17.0. The summed E-state index contributed by atoms with van der Waals surface area (Å²) in [5.74, 6) is 0.642. The number of nitrogens with one attached hydrogen (secondary N) is 1. The Labute approximate surface area is 214 Å². The van der Waals surface area contributed by atoms with Crippen LogP contribution in [-0.4, -0.2) is 5.91 Å². The molecule has 4 aromatic carbocycles. The van der Waals surface area contributed by atoms with Gasteiger partial charge in [-0.3, -0.25) is 4.79 Å². The lowest BCUT2D eigenvalue weighted by atomic mass is 10.0. The number of rotatable bonds is 7. The number of hydrogen-bond acceptors (Lipinski definition) is 3. The van der Waals surface area contributed by atoms with Crippen molar-refractivity contribution >= 4 is 44.6 Å². The van der Waals surface area contributed by atoms with Crippen LogP contribution in [0.25, 0.3) is 10.1 Å². The molecule has 1 N–H and O–H groups in total. The molecule has 0 aliphatic carbocycles. The van der Waals surface area contributed by atoms with Crippen molar-refractivity contribution in [1.82, 2.24) is 0 Å². The normalized spacial score (nSPS) is 10.9. The van der Waals surface area contributed by atoms with Gasteiger partial charge in [-0.2, -0.15) is 0 Å². The zero-order valence-electron chi connectivity index (χ0n) is 19.3. The lowest BCUT2D eigenvalue weighted by Gasteiger charge is -2.09. The molecule has 0 radical (unpaired) electrons. The van der Waals surface area contributed by atoms with E-state index in [0.717, 1.165) is 37.5 Å². The molecule has 5 heteroatoms. The van der Waals surface area contributed by atoms with Gasteiger partial charge in [-0.25, -0.2) is 0 Å². The van der Waals surface area contributed by atoms with Gasteiger partial charge in [0.25, 0.3) is 5.91 Å². The quantitative estimate of drug-likeness (QED) is 0.245. The van der Waals surface area contributed by atoms with E-state index in [1.807, 2.05) is 60.7 Å². The van der Waals surface area contributed by atoms with Crippen LogP contribution in [0.5, 0.6) is 5.75 Å². The number of carbonyl (C=O) groups excluding carboxylic acids is 1. The number of aryl methyl sites for hydroxylation is 1. The number of amides is 1. The lowest BCUT2D eigenvalue weighted by Crippen LogP contribution is -2.12. The molecule has 0 saturated carbocycles. The van der Waals surface area contributed by atoms with Crippen LogP contribution in [0, 0.1) is 6.92 Å². The van der Waals surface area contributed by atoms with Crippen molar-refractivity contribution < 1.29 is 9.53 Å². The Bertz CT molecular complexity index is 1460. The number of halogens is 1. The molecular formula is C30H24ClNO2S. The van der Waals surface area contributed by atoms with E-state index in [1.165, 1.54) is 22.5 Å². The first kappa shape index (κ1) is 23.2. The lowest BCUT2D eigenvalue weighted by molar-refractivity contribution is 0.103. The number of fused-ring (bicyclic) bond motifs is 1. The molecule has 1 amide bonds. The molecule has 0 spiro atoms. The monoisotopic (exact) mass is 497 g/mol. The summed E-state index contributed by atoms with van der Waals surface area (Å²) in [6.45, 7) is 2.53.